The van der Waals surface area contributed by atoms with Crippen LogP contribution in [0.25, 0.3) is 0 Å². The Balaban J connectivity index is 3.43. The summed E-state index contributed by atoms with van der Waals surface area (Å²) in [5, 5.41) is 7.67. The molecule has 21 heteroatoms. The largest absolute Gasteiger partial charge is 0.460 e. The SMILES string of the molecule is O=S(=O)(CCC(F)(F)C(F)(F)C(F)(F)C(F)(F)C(F)(F)C(F)(F)C(F)(F)C(F)(F)F)[C@@H]1CCCC[C@H]1O. The van der Waals surface area contributed by atoms with E-state index in [1.54, 1.807) is 0 Å². The lowest BCUT2D eigenvalue weighted by molar-refractivity contribution is -0.461. The molecule has 222 valence electrons. The van der Waals surface area contributed by atoms with Gasteiger partial charge in [-0.3, -0.25) is 0 Å². The van der Waals surface area contributed by atoms with Crippen molar-refractivity contribution in [2.24, 2.45) is 0 Å². The van der Waals surface area contributed by atoms with Gasteiger partial charge in [-0.2, -0.15) is 74.6 Å². The van der Waals surface area contributed by atoms with Crippen LogP contribution >= 0.6 is 0 Å². The summed E-state index contributed by atoms with van der Waals surface area (Å²) in [6.45, 7) is 0. The van der Waals surface area contributed by atoms with E-state index in [0.717, 1.165) is 0 Å². The Morgan fingerprint density at radius 2 is 0.919 bits per heavy atom. The zero-order valence-electron chi connectivity index (χ0n) is 17.5. The van der Waals surface area contributed by atoms with E-state index in [9.17, 15) is 88.2 Å². The maximum Gasteiger partial charge on any atom is 0.460 e. The molecule has 1 N–H and O–H groups in total. The molecule has 1 fully saturated rings. The van der Waals surface area contributed by atoms with E-state index in [-0.39, 0.29) is 19.3 Å². The molecule has 3 nitrogen and oxygen atoms in total. The Hall–Kier alpha value is -1.28. The van der Waals surface area contributed by atoms with Gasteiger partial charge in [-0.15, -0.1) is 0 Å². The average Bonchev–Trinajstić information content (AvgIpc) is 2.71. The van der Waals surface area contributed by atoms with E-state index in [0.29, 0.717) is 0 Å². The van der Waals surface area contributed by atoms with Gasteiger partial charge in [0.15, 0.2) is 9.84 Å². The van der Waals surface area contributed by atoms with Crippen molar-refractivity contribution in [1.82, 2.24) is 0 Å². The number of aliphatic hydroxyl groups is 1. The number of aliphatic hydroxyl groups excluding tert-OH is 1. The normalized spacial score (nSPS) is 22.3. The summed E-state index contributed by atoms with van der Waals surface area (Å²) in [5.41, 5.74) is 0. The van der Waals surface area contributed by atoms with Gasteiger partial charge in [0.05, 0.1) is 17.1 Å². The molecule has 2 atom stereocenters. The van der Waals surface area contributed by atoms with Crippen LogP contribution in [0.1, 0.15) is 32.1 Å². The molecular weight excluding hydrogens is 595 g/mol. The molecule has 0 spiro atoms. The molecule has 0 aromatic heterocycles. The van der Waals surface area contributed by atoms with Crippen LogP contribution in [0.15, 0.2) is 0 Å². The van der Waals surface area contributed by atoms with E-state index in [1.165, 1.54) is 0 Å². The molecule has 0 saturated heterocycles. The van der Waals surface area contributed by atoms with Gasteiger partial charge in [0, 0.05) is 6.42 Å². The van der Waals surface area contributed by atoms with Gasteiger partial charge in [0.1, 0.15) is 0 Å². The smallest absolute Gasteiger partial charge is 0.392 e. The van der Waals surface area contributed by atoms with Crippen LogP contribution in [0.2, 0.25) is 0 Å². The second-order valence-electron chi connectivity index (χ2n) is 8.16. The van der Waals surface area contributed by atoms with Gasteiger partial charge in [0.2, 0.25) is 0 Å². The lowest BCUT2D eigenvalue weighted by Gasteiger charge is -2.42. The van der Waals surface area contributed by atoms with Gasteiger partial charge in [0.25, 0.3) is 0 Å². The number of hydrogen-bond donors (Lipinski definition) is 1. The van der Waals surface area contributed by atoms with Crippen molar-refractivity contribution in [3.63, 3.8) is 0 Å². The maximum atomic E-state index is 13.9. The number of alkyl halides is 17. The Morgan fingerprint density at radius 1 is 0.568 bits per heavy atom. The highest BCUT2D eigenvalue weighted by atomic mass is 32.2. The zero-order valence-corrected chi connectivity index (χ0v) is 18.3. The molecule has 0 bridgehead atoms. The van der Waals surface area contributed by atoms with Crippen molar-refractivity contribution < 1.29 is 88.2 Å². The topological polar surface area (TPSA) is 54.4 Å². The van der Waals surface area contributed by atoms with Crippen LogP contribution in [0.3, 0.4) is 0 Å². The van der Waals surface area contributed by atoms with Crippen LogP contribution < -0.4 is 0 Å². The third kappa shape index (κ3) is 5.06. The first-order chi connectivity index (χ1) is 16.0. The Labute approximate surface area is 195 Å². The summed E-state index contributed by atoms with van der Waals surface area (Å²) in [6.07, 6.45) is -13.1. The van der Waals surface area contributed by atoms with E-state index >= 15 is 0 Å². The van der Waals surface area contributed by atoms with Gasteiger partial charge < -0.3 is 5.11 Å². The van der Waals surface area contributed by atoms with E-state index in [2.05, 4.69) is 0 Å². The number of sulfone groups is 1. The summed E-state index contributed by atoms with van der Waals surface area (Å²) < 4.78 is 249. The summed E-state index contributed by atoms with van der Waals surface area (Å²) in [5.74, 6) is -59.7. The van der Waals surface area contributed by atoms with Crippen LogP contribution in [-0.2, 0) is 9.84 Å². The van der Waals surface area contributed by atoms with E-state index < -0.39 is 87.4 Å². The quantitative estimate of drug-likeness (QED) is 0.304. The first kappa shape index (κ1) is 33.7. The van der Waals surface area contributed by atoms with Crippen LogP contribution in [0.5, 0.6) is 0 Å². The monoisotopic (exact) mass is 610 g/mol. The minimum atomic E-state index is -8.74. The summed E-state index contributed by atoms with van der Waals surface area (Å²) in [4.78, 5) is 0. The molecule has 0 amide bonds. The molecule has 0 unspecified atom stereocenters. The van der Waals surface area contributed by atoms with Crippen LogP contribution in [0, 0.1) is 0 Å². The highest BCUT2D eigenvalue weighted by Crippen LogP contribution is 2.64. The molecule has 1 aliphatic rings. The van der Waals surface area contributed by atoms with Crippen molar-refractivity contribution >= 4 is 9.84 Å². The minimum absolute atomic E-state index is 0.0453. The molecule has 1 saturated carbocycles. The average molecular weight is 610 g/mol. The molecule has 0 heterocycles. The molecule has 0 aromatic carbocycles. The van der Waals surface area contributed by atoms with Crippen molar-refractivity contribution in [3.05, 3.63) is 0 Å². The maximum absolute atomic E-state index is 13.9. The third-order valence-corrected chi connectivity index (χ3v) is 7.86. The van der Waals surface area contributed by atoms with Crippen molar-refractivity contribution in [1.29, 1.82) is 0 Å². The van der Waals surface area contributed by atoms with Crippen molar-refractivity contribution in [3.8, 4) is 0 Å². The number of hydrogen-bond acceptors (Lipinski definition) is 3. The Kier molecular flexibility index (Phi) is 8.60. The molecule has 0 aliphatic heterocycles. The molecule has 37 heavy (non-hydrogen) atoms. The predicted octanol–water partition coefficient (Wildman–Crippen LogP) is 6.10. The number of rotatable bonds is 10. The molecule has 1 rings (SSSR count). The zero-order chi connectivity index (χ0) is 29.9. The van der Waals surface area contributed by atoms with E-state index in [4.69, 9.17) is 0 Å². The lowest BCUT2D eigenvalue weighted by atomic mass is 9.88. The van der Waals surface area contributed by atoms with E-state index in [1.807, 2.05) is 0 Å². The molecule has 0 radical (unpaired) electrons. The van der Waals surface area contributed by atoms with Gasteiger partial charge in [-0.25, -0.2) is 8.42 Å². The fraction of sp³-hybridized carbons (Fsp3) is 1.00. The summed E-state index contributed by atoms with van der Waals surface area (Å²) in [7, 11) is -5.08. The fourth-order valence-corrected chi connectivity index (χ4v) is 5.26. The van der Waals surface area contributed by atoms with Crippen molar-refractivity contribution in [2.45, 2.75) is 91.1 Å². The first-order valence-corrected chi connectivity index (χ1v) is 11.3. The summed E-state index contributed by atoms with van der Waals surface area (Å²) in [6, 6.07) is 0. The second-order valence-corrected chi connectivity index (χ2v) is 10.5. The first-order valence-electron chi connectivity index (χ1n) is 9.58. The van der Waals surface area contributed by atoms with Crippen molar-refractivity contribution in [2.75, 3.05) is 5.75 Å². The standard InChI is InChI=1S/C16H15F17O3S/c17-9(18,5-6-37(35,36)8-4-2-1-3-7(8)34)10(19,20)11(21,22)12(23,24)13(25,26)14(27,28)15(29,30)16(31,32)33/h7-8,34H,1-6H2/t7-,8-/m1/s1. The lowest BCUT2D eigenvalue weighted by Crippen LogP contribution is -2.74. The highest BCUT2D eigenvalue weighted by molar-refractivity contribution is 7.92. The predicted molar refractivity (Wildman–Crippen MR) is 87.4 cm³/mol. The Bertz CT molecular complexity index is 925. The molecular formula is C16H15F17O3S. The minimum Gasteiger partial charge on any atom is -0.392 e. The molecule has 0 aromatic rings. The highest BCUT2D eigenvalue weighted by Gasteiger charge is 2.95. The van der Waals surface area contributed by atoms with Crippen LogP contribution in [-0.4, -0.2) is 78.3 Å². The van der Waals surface area contributed by atoms with Gasteiger partial charge >= 0.3 is 47.6 Å². The fourth-order valence-electron chi connectivity index (χ4n) is 3.27. The Morgan fingerprint density at radius 3 is 1.30 bits per heavy atom. The summed E-state index contributed by atoms with van der Waals surface area (Å²) >= 11 is 0. The number of halogens is 17. The molecule has 1 aliphatic carbocycles. The third-order valence-electron chi connectivity index (χ3n) is 5.62. The second kappa shape index (κ2) is 9.42. The van der Waals surface area contributed by atoms with Gasteiger partial charge in [-0.1, -0.05) is 12.8 Å². The van der Waals surface area contributed by atoms with Crippen LogP contribution in [0.4, 0.5) is 74.6 Å². The van der Waals surface area contributed by atoms with Gasteiger partial charge in [-0.05, 0) is 12.8 Å².